The first-order valence-corrected chi connectivity index (χ1v) is 10.3. The Morgan fingerprint density at radius 1 is 1.43 bits per heavy atom. The van der Waals surface area contributed by atoms with E-state index in [2.05, 4.69) is 42.9 Å². The summed E-state index contributed by atoms with van der Waals surface area (Å²) in [5.74, 6) is 1.10. The van der Waals surface area contributed by atoms with Crippen molar-refractivity contribution in [1.82, 2.24) is 15.2 Å². The van der Waals surface area contributed by atoms with E-state index < -0.39 is 0 Å². The number of hydrogen-bond acceptors (Lipinski definition) is 5. The van der Waals surface area contributed by atoms with E-state index in [9.17, 15) is 4.79 Å². The highest BCUT2D eigenvalue weighted by molar-refractivity contribution is 8.00. The molecule has 1 aromatic rings. The highest BCUT2D eigenvalue weighted by Crippen LogP contribution is 2.24. The third-order valence-corrected chi connectivity index (χ3v) is 6.11. The molecule has 1 fully saturated rings. The molecular formula is C17H29N3OS2. The molecule has 0 aliphatic carbocycles. The van der Waals surface area contributed by atoms with Gasteiger partial charge in [0.15, 0.2) is 0 Å². The minimum Gasteiger partial charge on any atom is -0.351 e. The largest absolute Gasteiger partial charge is 0.351 e. The molecule has 2 rings (SSSR count). The zero-order valence-corrected chi connectivity index (χ0v) is 16.4. The van der Waals surface area contributed by atoms with Crippen LogP contribution in [0.4, 0.5) is 0 Å². The summed E-state index contributed by atoms with van der Waals surface area (Å²) in [5, 5.41) is 5.25. The maximum absolute atomic E-state index is 12.4. The lowest BCUT2D eigenvalue weighted by molar-refractivity contribution is -0.122. The van der Waals surface area contributed by atoms with Crippen LogP contribution in [0.2, 0.25) is 0 Å². The topological polar surface area (TPSA) is 45.2 Å². The van der Waals surface area contributed by atoms with Gasteiger partial charge >= 0.3 is 0 Å². The second kappa shape index (κ2) is 8.49. The number of carbonyl (C=O) groups is 1. The van der Waals surface area contributed by atoms with Crippen molar-refractivity contribution in [2.24, 2.45) is 5.41 Å². The fraction of sp³-hybridized carbons (Fsp3) is 0.765. The Hall–Kier alpha value is -0.590. The molecule has 4 nitrogen and oxygen atoms in total. The van der Waals surface area contributed by atoms with E-state index >= 15 is 0 Å². The van der Waals surface area contributed by atoms with E-state index in [4.69, 9.17) is 0 Å². The number of thioether (sulfide) groups is 1. The lowest BCUT2D eigenvalue weighted by atomic mass is 9.86. The molecule has 0 spiro atoms. The molecule has 1 aliphatic rings. The number of hydrogen-bond donors (Lipinski definition) is 1. The number of thiazole rings is 1. The van der Waals surface area contributed by atoms with Crippen molar-refractivity contribution in [3.8, 4) is 0 Å². The number of nitrogens with zero attached hydrogens (tertiary/aromatic N) is 2. The second-order valence-electron chi connectivity index (χ2n) is 7.21. The van der Waals surface area contributed by atoms with Crippen LogP contribution < -0.4 is 5.32 Å². The number of rotatable bonds is 7. The highest BCUT2D eigenvalue weighted by atomic mass is 32.2. The molecule has 2 heterocycles. The Bertz CT molecular complexity index is 504. The van der Waals surface area contributed by atoms with Crippen LogP contribution in [0.3, 0.4) is 0 Å². The smallest absolute Gasteiger partial charge is 0.226 e. The molecule has 0 aromatic carbocycles. The van der Waals surface area contributed by atoms with Gasteiger partial charge < -0.3 is 10.2 Å². The Morgan fingerprint density at radius 2 is 2.13 bits per heavy atom. The third-order valence-electron chi connectivity index (χ3n) is 4.16. The van der Waals surface area contributed by atoms with Crippen molar-refractivity contribution in [1.29, 1.82) is 0 Å². The number of nitrogens with one attached hydrogen (secondary N) is 1. The molecule has 0 bridgehead atoms. The molecule has 0 unspecified atom stereocenters. The average molecular weight is 356 g/mol. The van der Waals surface area contributed by atoms with Gasteiger partial charge in [-0.15, -0.1) is 11.3 Å². The van der Waals surface area contributed by atoms with Gasteiger partial charge in [0.2, 0.25) is 5.91 Å². The molecule has 23 heavy (non-hydrogen) atoms. The average Bonchev–Trinajstić information content (AvgIpc) is 3.09. The van der Waals surface area contributed by atoms with E-state index in [-0.39, 0.29) is 17.4 Å². The van der Waals surface area contributed by atoms with Gasteiger partial charge in [-0.1, -0.05) is 39.5 Å². The van der Waals surface area contributed by atoms with Gasteiger partial charge in [-0.2, -0.15) is 0 Å². The fourth-order valence-electron chi connectivity index (χ4n) is 2.73. The van der Waals surface area contributed by atoms with Gasteiger partial charge in [-0.05, 0) is 37.1 Å². The van der Waals surface area contributed by atoms with Crippen molar-refractivity contribution < 1.29 is 4.79 Å². The lowest BCUT2D eigenvalue weighted by Crippen LogP contribution is -2.50. The Morgan fingerprint density at radius 3 is 2.74 bits per heavy atom. The summed E-state index contributed by atoms with van der Waals surface area (Å²) in [6, 6.07) is 0.177. The van der Waals surface area contributed by atoms with E-state index in [1.807, 2.05) is 5.38 Å². The predicted molar refractivity (Wildman–Crippen MR) is 99.3 cm³/mol. The molecule has 1 amide bonds. The van der Waals surface area contributed by atoms with Gasteiger partial charge in [0, 0.05) is 18.0 Å². The van der Waals surface area contributed by atoms with E-state index in [1.54, 1.807) is 23.1 Å². The summed E-state index contributed by atoms with van der Waals surface area (Å²) in [6.45, 7) is 12.0. The second-order valence-corrected chi connectivity index (χ2v) is 9.58. The number of aromatic nitrogens is 1. The van der Waals surface area contributed by atoms with Crippen LogP contribution in [0.15, 0.2) is 9.72 Å². The molecule has 1 atom stereocenters. The van der Waals surface area contributed by atoms with Crippen LogP contribution in [-0.4, -0.2) is 47.2 Å². The van der Waals surface area contributed by atoms with Gasteiger partial charge in [0.1, 0.15) is 4.34 Å². The van der Waals surface area contributed by atoms with E-state index in [1.165, 1.54) is 12.8 Å². The predicted octanol–water partition coefficient (Wildman–Crippen LogP) is 3.42. The summed E-state index contributed by atoms with van der Waals surface area (Å²) in [4.78, 5) is 19.4. The molecule has 1 aromatic heterocycles. The van der Waals surface area contributed by atoms with E-state index in [0.717, 1.165) is 35.4 Å². The minimum atomic E-state index is 0.0591. The molecule has 130 valence electrons. The molecule has 1 saturated heterocycles. The summed E-state index contributed by atoms with van der Waals surface area (Å²) in [5.41, 5.74) is 0.945. The van der Waals surface area contributed by atoms with Crippen LogP contribution in [-0.2, 0) is 11.2 Å². The van der Waals surface area contributed by atoms with Crippen LogP contribution >= 0.6 is 23.1 Å². The van der Waals surface area contributed by atoms with Crippen molar-refractivity contribution in [3.05, 3.63) is 11.1 Å². The van der Waals surface area contributed by atoms with Crippen LogP contribution in [0.1, 0.15) is 46.2 Å². The first-order valence-electron chi connectivity index (χ1n) is 8.47. The Balaban J connectivity index is 1.90. The van der Waals surface area contributed by atoms with Gasteiger partial charge in [0.25, 0.3) is 0 Å². The SMILES string of the molecule is CCSc1nc(CC(=O)N[C@@H](CN2CCCC2)C(C)(C)C)cs1. The maximum Gasteiger partial charge on any atom is 0.226 e. The van der Waals surface area contributed by atoms with Gasteiger partial charge in [-0.25, -0.2) is 4.98 Å². The van der Waals surface area contributed by atoms with E-state index in [0.29, 0.717) is 6.42 Å². The first-order chi connectivity index (χ1) is 10.9. The highest BCUT2D eigenvalue weighted by Gasteiger charge is 2.29. The monoisotopic (exact) mass is 355 g/mol. The number of likely N-dealkylation sites (tertiary alicyclic amines) is 1. The zero-order valence-electron chi connectivity index (χ0n) is 14.7. The fourth-order valence-corrected chi connectivity index (χ4v) is 4.47. The number of amides is 1. The van der Waals surface area contributed by atoms with Gasteiger partial charge in [0.05, 0.1) is 12.1 Å². The molecule has 1 N–H and O–H groups in total. The number of carbonyl (C=O) groups excluding carboxylic acids is 1. The zero-order chi connectivity index (χ0) is 16.9. The quantitative estimate of drug-likeness (QED) is 0.761. The maximum atomic E-state index is 12.4. The third kappa shape index (κ3) is 6.08. The standard InChI is InChI=1S/C17H29N3OS2/c1-5-22-16-18-13(12-23-16)10-15(21)19-14(17(2,3)4)11-20-8-6-7-9-20/h12,14H,5-11H2,1-4H3,(H,19,21)/t14-/m0/s1. The van der Waals surface area contributed by atoms with Crippen molar-refractivity contribution in [3.63, 3.8) is 0 Å². The molecule has 0 radical (unpaired) electrons. The normalized spacial score (nSPS) is 17.4. The van der Waals surface area contributed by atoms with Crippen LogP contribution in [0, 0.1) is 5.41 Å². The molecule has 1 aliphatic heterocycles. The summed E-state index contributed by atoms with van der Waals surface area (Å²) < 4.78 is 1.06. The Labute approximate surface area is 148 Å². The summed E-state index contributed by atoms with van der Waals surface area (Å²) in [6.07, 6.45) is 2.94. The van der Waals surface area contributed by atoms with Gasteiger partial charge in [-0.3, -0.25) is 4.79 Å². The Kier molecular flexibility index (Phi) is 6.92. The molecular weight excluding hydrogens is 326 g/mol. The summed E-state index contributed by atoms with van der Waals surface area (Å²) in [7, 11) is 0. The summed E-state index contributed by atoms with van der Waals surface area (Å²) >= 11 is 3.36. The first kappa shape index (κ1) is 18.7. The molecule has 0 saturated carbocycles. The lowest BCUT2D eigenvalue weighted by Gasteiger charge is -2.34. The minimum absolute atomic E-state index is 0.0591. The van der Waals surface area contributed by atoms with Crippen molar-refractivity contribution >= 4 is 29.0 Å². The van der Waals surface area contributed by atoms with Crippen molar-refractivity contribution in [2.45, 2.75) is 57.3 Å². The van der Waals surface area contributed by atoms with Crippen LogP contribution in [0.25, 0.3) is 0 Å². The van der Waals surface area contributed by atoms with Crippen molar-refractivity contribution in [2.75, 3.05) is 25.4 Å². The molecule has 6 heteroatoms. The van der Waals surface area contributed by atoms with Crippen LogP contribution in [0.5, 0.6) is 0 Å².